The Balaban J connectivity index is 2.17. The summed E-state index contributed by atoms with van der Waals surface area (Å²) in [5.74, 6) is -0.333. The van der Waals surface area contributed by atoms with Crippen molar-refractivity contribution in [1.82, 2.24) is 14.9 Å². The maximum atomic E-state index is 12.4. The molecule has 3 aromatic rings. The fourth-order valence-electron chi connectivity index (χ4n) is 2.71. The van der Waals surface area contributed by atoms with Gasteiger partial charge in [0, 0.05) is 11.3 Å². The minimum atomic E-state index is -0.584. The molecule has 2 heterocycles. The first-order chi connectivity index (χ1) is 12.4. The van der Waals surface area contributed by atoms with Crippen LogP contribution in [0, 0.1) is 6.92 Å². The molecule has 8 heteroatoms. The summed E-state index contributed by atoms with van der Waals surface area (Å²) in [4.78, 5) is 12.4. The third kappa shape index (κ3) is 3.23. The van der Waals surface area contributed by atoms with Crippen molar-refractivity contribution in [1.29, 1.82) is 0 Å². The van der Waals surface area contributed by atoms with Crippen molar-refractivity contribution in [3.05, 3.63) is 46.7 Å². The van der Waals surface area contributed by atoms with E-state index in [-0.39, 0.29) is 11.3 Å². The van der Waals surface area contributed by atoms with Crippen molar-refractivity contribution in [2.45, 2.75) is 26.5 Å². The van der Waals surface area contributed by atoms with E-state index in [0.717, 1.165) is 5.69 Å². The fraction of sp³-hybridized carbons (Fsp3) is 0.278. The molecule has 0 saturated heterocycles. The number of carbonyl (C=O) groups is 1. The van der Waals surface area contributed by atoms with Gasteiger partial charge < -0.3 is 14.4 Å². The quantitative estimate of drug-likeness (QED) is 0.688. The maximum Gasteiger partial charge on any atom is 0.344 e. The van der Waals surface area contributed by atoms with E-state index in [1.807, 2.05) is 6.92 Å². The number of halogens is 1. The zero-order valence-corrected chi connectivity index (χ0v) is 15.3. The van der Waals surface area contributed by atoms with Crippen molar-refractivity contribution in [2.75, 3.05) is 7.11 Å². The summed E-state index contributed by atoms with van der Waals surface area (Å²) in [6, 6.07) is 7.04. The summed E-state index contributed by atoms with van der Waals surface area (Å²) < 4.78 is 12.0. The minimum Gasteiger partial charge on any atom is -0.465 e. The Bertz CT molecular complexity index is 946. The predicted molar refractivity (Wildman–Crippen MR) is 95.9 cm³/mol. The van der Waals surface area contributed by atoms with Crippen LogP contribution in [0.3, 0.4) is 0 Å². The number of nitrogens with zero attached hydrogens (tertiary/aromatic N) is 3. The molecule has 0 saturated carbocycles. The molecule has 0 fully saturated rings. The van der Waals surface area contributed by atoms with Gasteiger partial charge in [0.25, 0.3) is 0 Å². The van der Waals surface area contributed by atoms with E-state index in [1.54, 1.807) is 42.1 Å². The van der Waals surface area contributed by atoms with Gasteiger partial charge in [0.1, 0.15) is 11.3 Å². The van der Waals surface area contributed by atoms with Gasteiger partial charge in [-0.25, -0.2) is 4.79 Å². The SMILES string of the molecule is COC(=O)c1c(-c2ccccc2Cl)noc1-c1cnn(C[C@H](C)O)c1C. The van der Waals surface area contributed by atoms with E-state index >= 15 is 0 Å². The Morgan fingerprint density at radius 2 is 2.12 bits per heavy atom. The molecular weight excluding hydrogens is 358 g/mol. The third-order valence-electron chi connectivity index (χ3n) is 4.00. The molecule has 0 aliphatic carbocycles. The first-order valence-corrected chi connectivity index (χ1v) is 8.35. The number of rotatable bonds is 5. The number of hydrogen-bond donors (Lipinski definition) is 1. The van der Waals surface area contributed by atoms with Crippen LogP contribution in [-0.2, 0) is 11.3 Å². The van der Waals surface area contributed by atoms with E-state index in [2.05, 4.69) is 10.3 Å². The molecule has 0 aliphatic rings. The van der Waals surface area contributed by atoms with Gasteiger partial charge in [-0.05, 0) is 19.9 Å². The zero-order valence-electron chi connectivity index (χ0n) is 14.6. The van der Waals surface area contributed by atoms with Crippen LogP contribution < -0.4 is 0 Å². The Morgan fingerprint density at radius 3 is 2.77 bits per heavy atom. The van der Waals surface area contributed by atoms with Crippen molar-refractivity contribution in [2.24, 2.45) is 0 Å². The minimum absolute atomic E-state index is 0.181. The molecule has 26 heavy (non-hydrogen) atoms. The van der Waals surface area contributed by atoms with Gasteiger partial charge in [-0.2, -0.15) is 5.10 Å². The number of hydrogen-bond acceptors (Lipinski definition) is 6. The number of methoxy groups -OCH3 is 1. The van der Waals surface area contributed by atoms with Gasteiger partial charge in [0.15, 0.2) is 5.76 Å². The number of ether oxygens (including phenoxy) is 1. The van der Waals surface area contributed by atoms with Crippen LogP contribution in [0.15, 0.2) is 35.0 Å². The Hall–Kier alpha value is -2.64. The average Bonchev–Trinajstić information content (AvgIpc) is 3.18. The van der Waals surface area contributed by atoms with Crippen molar-refractivity contribution < 1.29 is 19.2 Å². The highest BCUT2D eigenvalue weighted by molar-refractivity contribution is 6.33. The molecule has 3 rings (SSSR count). The fourth-order valence-corrected chi connectivity index (χ4v) is 2.93. The predicted octanol–water partition coefficient (Wildman–Crippen LogP) is 3.33. The molecule has 7 nitrogen and oxygen atoms in total. The summed E-state index contributed by atoms with van der Waals surface area (Å²) in [5.41, 5.74) is 2.38. The van der Waals surface area contributed by atoms with Crippen LogP contribution in [0.4, 0.5) is 0 Å². The molecular formula is C18H18ClN3O4. The van der Waals surface area contributed by atoms with Crippen LogP contribution in [0.25, 0.3) is 22.6 Å². The second-order valence-corrected chi connectivity index (χ2v) is 6.29. The molecule has 0 spiro atoms. The van der Waals surface area contributed by atoms with E-state index < -0.39 is 12.1 Å². The Morgan fingerprint density at radius 1 is 1.38 bits per heavy atom. The summed E-state index contributed by atoms with van der Waals surface area (Å²) in [6.45, 7) is 3.82. The number of aliphatic hydroxyl groups is 1. The number of carbonyl (C=O) groups excluding carboxylic acids is 1. The molecule has 2 aromatic heterocycles. The first-order valence-electron chi connectivity index (χ1n) is 7.97. The van der Waals surface area contributed by atoms with Crippen molar-refractivity contribution in [3.63, 3.8) is 0 Å². The van der Waals surface area contributed by atoms with Crippen LogP contribution in [-0.4, -0.2) is 39.2 Å². The number of aromatic nitrogens is 3. The van der Waals surface area contributed by atoms with Gasteiger partial charge in [-0.1, -0.05) is 35.0 Å². The van der Waals surface area contributed by atoms with Gasteiger partial charge in [-0.15, -0.1) is 0 Å². The summed E-state index contributed by atoms with van der Waals surface area (Å²) >= 11 is 6.25. The van der Waals surface area contributed by atoms with Gasteiger partial charge in [-0.3, -0.25) is 4.68 Å². The molecule has 0 unspecified atom stereocenters. The van der Waals surface area contributed by atoms with Gasteiger partial charge in [0.05, 0.1) is 36.5 Å². The van der Waals surface area contributed by atoms with E-state index in [9.17, 15) is 9.90 Å². The first kappa shape index (κ1) is 18.2. The van der Waals surface area contributed by atoms with Crippen LogP contribution in [0.1, 0.15) is 23.0 Å². The lowest BCUT2D eigenvalue weighted by atomic mass is 10.0. The standard InChI is InChI=1S/C18H18ClN3O4/c1-10(23)9-22-11(2)13(8-20-22)17-15(18(24)25-3)16(21-26-17)12-6-4-5-7-14(12)19/h4-8,10,23H,9H2,1-3H3/t10-/m0/s1. The lowest BCUT2D eigenvalue weighted by Crippen LogP contribution is -2.14. The van der Waals surface area contributed by atoms with Crippen LogP contribution in [0.5, 0.6) is 0 Å². The molecule has 0 aliphatic heterocycles. The number of aliphatic hydroxyl groups excluding tert-OH is 1. The summed E-state index contributed by atoms with van der Waals surface area (Å²) in [6.07, 6.45) is 1.01. The monoisotopic (exact) mass is 375 g/mol. The van der Waals surface area contributed by atoms with E-state index in [1.165, 1.54) is 7.11 Å². The van der Waals surface area contributed by atoms with Gasteiger partial charge >= 0.3 is 5.97 Å². The third-order valence-corrected chi connectivity index (χ3v) is 4.33. The molecule has 136 valence electrons. The summed E-state index contributed by atoms with van der Waals surface area (Å²) in [5, 5.41) is 18.3. The number of benzene rings is 1. The molecule has 0 radical (unpaired) electrons. The smallest absolute Gasteiger partial charge is 0.344 e. The Kier molecular flexibility index (Phi) is 5.11. The average molecular weight is 376 g/mol. The van der Waals surface area contributed by atoms with Crippen molar-refractivity contribution >= 4 is 17.6 Å². The highest BCUT2D eigenvalue weighted by atomic mass is 35.5. The number of esters is 1. The molecule has 1 aromatic carbocycles. The normalized spacial score (nSPS) is 12.2. The lowest BCUT2D eigenvalue weighted by Gasteiger charge is -2.07. The van der Waals surface area contributed by atoms with Gasteiger partial charge in [0.2, 0.25) is 0 Å². The summed E-state index contributed by atoms with van der Waals surface area (Å²) in [7, 11) is 1.29. The zero-order chi connectivity index (χ0) is 18.8. The van der Waals surface area contributed by atoms with Crippen LogP contribution >= 0.6 is 11.6 Å². The highest BCUT2D eigenvalue weighted by Crippen LogP contribution is 2.36. The van der Waals surface area contributed by atoms with E-state index in [4.69, 9.17) is 20.9 Å². The largest absolute Gasteiger partial charge is 0.465 e. The lowest BCUT2D eigenvalue weighted by molar-refractivity contribution is 0.0602. The Labute approximate surface area is 155 Å². The molecule has 0 bridgehead atoms. The van der Waals surface area contributed by atoms with Crippen molar-refractivity contribution in [3.8, 4) is 22.6 Å². The second-order valence-electron chi connectivity index (χ2n) is 5.88. The molecule has 0 amide bonds. The topological polar surface area (TPSA) is 90.4 Å². The van der Waals surface area contributed by atoms with Crippen LogP contribution in [0.2, 0.25) is 5.02 Å². The molecule has 1 N–H and O–H groups in total. The second kappa shape index (κ2) is 7.31. The van der Waals surface area contributed by atoms with E-state index in [0.29, 0.717) is 28.4 Å². The highest BCUT2D eigenvalue weighted by Gasteiger charge is 2.29. The maximum absolute atomic E-state index is 12.4. The molecule has 1 atom stereocenters.